The summed E-state index contributed by atoms with van der Waals surface area (Å²) in [6, 6.07) is 17.4. The molecule has 176 valence electrons. The van der Waals surface area contributed by atoms with Crippen LogP contribution in [0.4, 0.5) is 5.69 Å². The molecule has 0 saturated carbocycles. The summed E-state index contributed by atoms with van der Waals surface area (Å²) in [5.74, 6) is -1.70. The van der Waals surface area contributed by atoms with Gasteiger partial charge >= 0.3 is 5.97 Å². The van der Waals surface area contributed by atoms with E-state index in [-0.39, 0.29) is 39.2 Å². The van der Waals surface area contributed by atoms with Crippen LogP contribution in [0, 0.1) is 12.1 Å². The topological polar surface area (TPSA) is 130 Å². The average molecular weight is 462 g/mol. The van der Waals surface area contributed by atoms with Crippen molar-refractivity contribution < 1.29 is 19.5 Å². The number of esters is 1. The zero-order valence-corrected chi connectivity index (χ0v) is 18.7. The van der Waals surface area contributed by atoms with Gasteiger partial charge in [-0.25, -0.2) is 4.79 Å². The molecule has 9 heteroatoms. The number of benzene rings is 2. The number of carbonyl (C=O) groups is 1. The molecular formula is C25H24N3O6-. The van der Waals surface area contributed by atoms with Crippen LogP contribution in [0.1, 0.15) is 28.3 Å². The number of rotatable bonds is 6. The van der Waals surface area contributed by atoms with Gasteiger partial charge in [0.2, 0.25) is 5.88 Å². The lowest BCUT2D eigenvalue weighted by atomic mass is 9.83. The number of methoxy groups -OCH3 is 1. The summed E-state index contributed by atoms with van der Waals surface area (Å²) < 4.78 is 12.2. The first-order chi connectivity index (χ1) is 16.3. The van der Waals surface area contributed by atoms with Gasteiger partial charge in [-0.1, -0.05) is 42.5 Å². The third kappa shape index (κ3) is 4.26. The zero-order valence-electron chi connectivity index (χ0n) is 18.7. The van der Waals surface area contributed by atoms with Gasteiger partial charge in [0.25, 0.3) is 5.56 Å². The fraction of sp³-hybridized carbons (Fsp3) is 0.200. The molecule has 0 saturated heterocycles. The lowest BCUT2D eigenvalue weighted by molar-refractivity contribution is -0.136. The van der Waals surface area contributed by atoms with Crippen LogP contribution in [-0.4, -0.2) is 22.9 Å². The van der Waals surface area contributed by atoms with Gasteiger partial charge in [0.1, 0.15) is 11.3 Å². The van der Waals surface area contributed by atoms with Crippen LogP contribution in [0.15, 0.2) is 76.9 Å². The summed E-state index contributed by atoms with van der Waals surface area (Å²) in [6.45, 7) is 2.20. The minimum absolute atomic E-state index is 0.0573. The van der Waals surface area contributed by atoms with E-state index in [0.29, 0.717) is 24.2 Å². The van der Waals surface area contributed by atoms with E-state index in [1.165, 1.54) is 25.3 Å². The number of hydrogen-bond acceptors (Lipinski definition) is 8. The van der Waals surface area contributed by atoms with Crippen molar-refractivity contribution in [3.05, 3.63) is 110 Å². The van der Waals surface area contributed by atoms with Crippen LogP contribution in [0.25, 0.3) is 0 Å². The van der Waals surface area contributed by atoms with Crippen molar-refractivity contribution in [1.82, 2.24) is 4.57 Å². The number of ether oxygens (including phenoxy) is 2. The van der Waals surface area contributed by atoms with Gasteiger partial charge < -0.3 is 30.2 Å². The number of aromatic nitrogens is 1. The van der Waals surface area contributed by atoms with Gasteiger partial charge in [-0.15, -0.1) is 0 Å². The summed E-state index contributed by atoms with van der Waals surface area (Å²) in [4.78, 5) is 26.5. The summed E-state index contributed by atoms with van der Waals surface area (Å²) in [6.07, 6.45) is 0.624. The zero-order chi connectivity index (χ0) is 24.4. The maximum atomic E-state index is 13.8. The van der Waals surface area contributed by atoms with Gasteiger partial charge in [0.05, 0.1) is 24.3 Å². The maximum Gasteiger partial charge on any atom is 0.340 e. The molecule has 1 aliphatic heterocycles. The van der Waals surface area contributed by atoms with Crippen molar-refractivity contribution in [2.45, 2.75) is 25.8 Å². The number of hydrogen-bond donors (Lipinski definition) is 2. The molecular weight excluding hydrogens is 438 g/mol. The predicted molar refractivity (Wildman–Crippen MR) is 125 cm³/mol. The minimum atomic E-state index is -0.966. The van der Waals surface area contributed by atoms with Gasteiger partial charge in [-0.3, -0.25) is 10.0 Å². The Morgan fingerprint density at radius 3 is 2.62 bits per heavy atom. The minimum Gasteiger partial charge on any atom is -0.733 e. The summed E-state index contributed by atoms with van der Waals surface area (Å²) >= 11 is 0. The van der Waals surface area contributed by atoms with Crippen LogP contribution >= 0.6 is 0 Å². The second kappa shape index (κ2) is 9.42. The number of nitrogens with zero attached hydrogens (tertiary/aromatic N) is 2. The first-order valence-electron chi connectivity index (χ1n) is 10.6. The van der Waals surface area contributed by atoms with E-state index < -0.39 is 11.9 Å². The van der Waals surface area contributed by atoms with Crippen LogP contribution in [0.2, 0.25) is 0 Å². The molecule has 1 aromatic heterocycles. The molecule has 0 fully saturated rings. The molecule has 0 aliphatic carbocycles. The molecule has 4 rings (SSSR count). The van der Waals surface area contributed by atoms with Crippen LogP contribution in [-0.2, 0) is 22.5 Å². The summed E-state index contributed by atoms with van der Waals surface area (Å²) in [5, 5.41) is 20.6. The Morgan fingerprint density at radius 1 is 1.21 bits per heavy atom. The molecule has 2 heterocycles. The average Bonchev–Trinajstić information content (AvgIpc) is 2.83. The van der Waals surface area contributed by atoms with E-state index in [4.69, 9.17) is 15.2 Å². The number of anilines is 1. The van der Waals surface area contributed by atoms with E-state index in [0.717, 1.165) is 5.56 Å². The van der Waals surface area contributed by atoms with Gasteiger partial charge in [-0.05, 0) is 36.6 Å². The highest BCUT2D eigenvalue weighted by molar-refractivity contribution is 5.92. The Morgan fingerprint density at radius 2 is 1.94 bits per heavy atom. The lowest BCUT2D eigenvalue weighted by Crippen LogP contribution is -2.35. The summed E-state index contributed by atoms with van der Waals surface area (Å²) in [5.41, 5.74) is 7.96. The Kier molecular flexibility index (Phi) is 6.40. The molecule has 1 atom stereocenters. The monoisotopic (exact) mass is 462 g/mol. The highest BCUT2D eigenvalue weighted by Crippen LogP contribution is 2.42. The Bertz CT molecular complexity index is 1310. The fourth-order valence-electron chi connectivity index (χ4n) is 4.22. The first kappa shape index (κ1) is 23.1. The van der Waals surface area contributed by atoms with Gasteiger partial charge in [0.15, 0.2) is 0 Å². The van der Waals surface area contributed by atoms with Crippen LogP contribution in [0.5, 0.6) is 5.75 Å². The van der Waals surface area contributed by atoms with Gasteiger partial charge in [-0.2, -0.15) is 0 Å². The third-order valence-corrected chi connectivity index (χ3v) is 5.87. The largest absolute Gasteiger partial charge is 0.733 e. The molecule has 0 spiro atoms. The third-order valence-electron chi connectivity index (χ3n) is 5.87. The molecule has 3 N–H and O–H groups in total. The molecule has 0 unspecified atom stereocenters. The number of carbonyl (C=O) groups excluding carboxylic acids is 1. The molecule has 0 amide bonds. The first-order valence-corrected chi connectivity index (χ1v) is 10.6. The van der Waals surface area contributed by atoms with E-state index in [1.807, 2.05) is 30.3 Å². The van der Waals surface area contributed by atoms with Crippen molar-refractivity contribution in [1.29, 1.82) is 0 Å². The lowest BCUT2D eigenvalue weighted by Gasteiger charge is -2.30. The van der Waals surface area contributed by atoms with E-state index >= 15 is 0 Å². The predicted octanol–water partition coefficient (Wildman–Crippen LogP) is 2.96. The Labute approximate surface area is 195 Å². The van der Waals surface area contributed by atoms with Gasteiger partial charge in [0, 0.05) is 18.3 Å². The van der Waals surface area contributed by atoms with E-state index in [9.17, 15) is 20.0 Å². The SMILES string of the molecule is COC(=O)C1=C(N)Oc2cc(C)n(CCc3ccccc3)c(=O)c2[C@H]1c1cccc(N([O-])O)c1. The van der Waals surface area contributed by atoms with Crippen molar-refractivity contribution in [3.63, 3.8) is 0 Å². The molecule has 0 radical (unpaired) electrons. The van der Waals surface area contributed by atoms with Crippen LogP contribution < -0.4 is 21.3 Å². The smallest absolute Gasteiger partial charge is 0.340 e. The highest BCUT2D eigenvalue weighted by Gasteiger charge is 2.38. The van der Waals surface area contributed by atoms with E-state index in [2.05, 4.69) is 0 Å². The highest BCUT2D eigenvalue weighted by atomic mass is 16.8. The standard InChI is InChI=1S/C25H24N3O6/c1-15-13-19-21(24(29)27(15)12-11-16-7-4-3-5-8-16)20(22(23(26)34-19)25(30)33-2)17-9-6-10-18(14-17)28(31)32/h3-10,13-14,20,31H,11-12,26H2,1-2H3/q-1/t20-/m1/s1. The molecule has 1 aliphatic rings. The molecule has 2 aromatic carbocycles. The second-order valence-corrected chi connectivity index (χ2v) is 7.93. The Hall–Kier alpha value is -4.08. The number of aryl methyl sites for hydroxylation is 2. The molecule has 34 heavy (non-hydrogen) atoms. The molecule has 9 nitrogen and oxygen atoms in total. The van der Waals surface area contributed by atoms with Crippen LogP contribution in [0.3, 0.4) is 0 Å². The fourth-order valence-corrected chi connectivity index (χ4v) is 4.22. The molecule has 0 bridgehead atoms. The molecule has 3 aromatic rings. The normalized spacial score (nSPS) is 14.9. The maximum absolute atomic E-state index is 13.8. The number of fused-ring (bicyclic) bond motifs is 1. The van der Waals surface area contributed by atoms with Crippen molar-refractivity contribution >= 4 is 11.7 Å². The van der Waals surface area contributed by atoms with Crippen molar-refractivity contribution in [2.24, 2.45) is 5.73 Å². The quantitative estimate of drug-likeness (QED) is 0.422. The number of pyridine rings is 1. The second-order valence-electron chi connectivity index (χ2n) is 7.93. The Balaban J connectivity index is 1.88. The number of nitrogens with two attached hydrogens (primary N) is 1. The van der Waals surface area contributed by atoms with Crippen molar-refractivity contribution in [2.75, 3.05) is 12.3 Å². The van der Waals surface area contributed by atoms with Crippen molar-refractivity contribution in [3.8, 4) is 5.75 Å². The van der Waals surface area contributed by atoms with E-state index in [1.54, 1.807) is 23.6 Å². The summed E-state index contributed by atoms with van der Waals surface area (Å²) in [7, 11) is 1.20.